The third-order valence-corrected chi connectivity index (χ3v) is 4.60. The predicted molar refractivity (Wildman–Crippen MR) is 68.2 cm³/mol. The molecule has 0 saturated carbocycles. The predicted octanol–water partition coefficient (Wildman–Crippen LogP) is 3.23. The monoisotopic (exact) mass is 239 g/mol. The molecule has 1 nitrogen and oxygen atoms in total. The molecule has 3 atom stereocenters. The Kier molecular flexibility index (Phi) is 3.87. The minimum absolute atomic E-state index is 0.0954. The average molecular weight is 239 g/mol. The van der Waals surface area contributed by atoms with Gasteiger partial charge in [-0.3, -0.25) is 0 Å². The highest BCUT2D eigenvalue weighted by Gasteiger charge is 2.25. The number of benzene rings is 1. The molecule has 0 spiro atoms. The number of hydrogen-bond acceptors (Lipinski definition) is 2. The van der Waals surface area contributed by atoms with Crippen molar-refractivity contribution in [3.8, 4) is 0 Å². The molecule has 3 unspecified atom stereocenters. The van der Waals surface area contributed by atoms with Gasteiger partial charge in [0.25, 0.3) is 0 Å². The lowest BCUT2D eigenvalue weighted by Gasteiger charge is -2.22. The Hall–Kier alpha value is -0.540. The molecule has 1 saturated heterocycles. The van der Waals surface area contributed by atoms with E-state index in [-0.39, 0.29) is 11.9 Å². The first-order valence-electron chi connectivity index (χ1n) is 5.78. The van der Waals surface area contributed by atoms with Gasteiger partial charge in [-0.25, -0.2) is 4.39 Å². The molecule has 16 heavy (non-hydrogen) atoms. The van der Waals surface area contributed by atoms with Gasteiger partial charge in [0.2, 0.25) is 0 Å². The van der Waals surface area contributed by atoms with E-state index in [0.29, 0.717) is 11.2 Å². The third-order valence-electron chi connectivity index (χ3n) is 3.04. The van der Waals surface area contributed by atoms with Gasteiger partial charge in [0.1, 0.15) is 5.82 Å². The van der Waals surface area contributed by atoms with E-state index in [1.54, 1.807) is 12.1 Å². The van der Waals surface area contributed by atoms with Crippen LogP contribution in [0.1, 0.15) is 25.5 Å². The molecule has 0 bridgehead atoms. The van der Waals surface area contributed by atoms with E-state index < -0.39 is 0 Å². The normalized spacial score (nSPS) is 31.1. The van der Waals surface area contributed by atoms with Crippen LogP contribution in [0.3, 0.4) is 0 Å². The average Bonchev–Trinajstić information content (AvgIpc) is 2.43. The van der Waals surface area contributed by atoms with E-state index in [4.69, 9.17) is 0 Å². The minimum Gasteiger partial charge on any atom is -0.309 e. The van der Waals surface area contributed by atoms with Crippen LogP contribution < -0.4 is 5.32 Å². The van der Waals surface area contributed by atoms with Crippen LogP contribution in [0, 0.1) is 11.7 Å². The standard InChI is InChI=1S/C13H18FNS/c1-9-7-15-13(10(2)16-8-9)11-5-3-4-6-12(11)14/h3-6,9-10,13,15H,7-8H2,1-2H3. The molecule has 1 aliphatic heterocycles. The van der Waals surface area contributed by atoms with Crippen LogP contribution in [0.15, 0.2) is 24.3 Å². The van der Waals surface area contributed by atoms with Crippen molar-refractivity contribution in [1.82, 2.24) is 5.32 Å². The number of thioether (sulfide) groups is 1. The van der Waals surface area contributed by atoms with Gasteiger partial charge in [0.15, 0.2) is 0 Å². The summed E-state index contributed by atoms with van der Waals surface area (Å²) in [5.41, 5.74) is 0.802. The summed E-state index contributed by atoms with van der Waals surface area (Å²) in [7, 11) is 0. The quantitative estimate of drug-likeness (QED) is 0.807. The number of halogens is 1. The largest absolute Gasteiger partial charge is 0.309 e. The highest BCUT2D eigenvalue weighted by Crippen LogP contribution is 2.31. The Balaban J connectivity index is 2.22. The summed E-state index contributed by atoms with van der Waals surface area (Å²) in [4.78, 5) is 0. The van der Waals surface area contributed by atoms with Gasteiger partial charge in [-0.05, 0) is 24.3 Å². The summed E-state index contributed by atoms with van der Waals surface area (Å²) >= 11 is 1.93. The summed E-state index contributed by atoms with van der Waals surface area (Å²) in [5.74, 6) is 1.71. The van der Waals surface area contributed by atoms with Gasteiger partial charge in [-0.2, -0.15) is 11.8 Å². The van der Waals surface area contributed by atoms with Crippen molar-refractivity contribution in [3.05, 3.63) is 35.6 Å². The zero-order valence-electron chi connectivity index (χ0n) is 9.74. The topological polar surface area (TPSA) is 12.0 Å². The lowest BCUT2D eigenvalue weighted by molar-refractivity contribution is 0.470. The molecule has 1 fully saturated rings. The van der Waals surface area contributed by atoms with Crippen molar-refractivity contribution in [1.29, 1.82) is 0 Å². The van der Waals surface area contributed by atoms with Crippen LogP contribution in [0.2, 0.25) is 0 Å². The van der Waals surface area contributed by atoms with Crippen molar-refractivity contribution in [2.75, 3.05) is 12.3 Å². The number of nitrogens with one attached hydrogen (secondary N) is 1. The maximum Gasteiger partial charge on any atom is 0.128 e. The maximum atomic E-state index is 13.7. The first-order chi connectivity index (χ1) is 7.68. The van der Waals surface area contributed by atoms with Crippen LogP contribution in [0.4, 0.5) is 4.39 Å². The maximum absolute atomic E-state index is 13.7. The zero-order valence-corrected chi connectivity index (χ0v) is 10.6. The Morgan fingerprint density at radius 2 is 2.06 bits per heavy atom. The van der Waals surface area contributed by atoms with E-state index in [1.807, 2.05) is 23.9 Å². The summed E-state index contributed by atoms with van der Waals surface area (Å²) in [5, 5.41) is 3.90. The fourth-order valence-corrected chi connectivity index (χ4v) is 3.24. The molecule has 88 valence electrons. The van der Waals surface area contributed by atoms with Crippen molar-refractivity contribution in [3.63, 3.8) is 0 Å². The summed E-state index contributed by atoms with van der Waals surface area (Å²) in [6.07, 6.45) is 0. The summed E-state index contributed by atoms with van der Waals surface area (Å²) < 4.78 is 13.7. The fourth-order valence-electron chi connectivity index (χ4n) is 2.06. The molecular formula is C13H18FNS. The smallest absolute Gasteiger partial charge is 0.128 e. The molecule has 0 radical (unpaired) electrons. The molecule has 1 heterocycles. The molecule has 0 aromatic heterocycles. The van der Waals surface area contributed by atoms with Crippen molar-refractivity contribution in [2.24, 2.45) is 5.92 Å². The lowest BCUT2D eigenvalue weighted by atomic mass is 10.0. The van der Waals surface area contributed by atoms with Crippen LogP contribution >= 0.6 is 11.8 Å². The van der Waals surface area contributed by atoms with Crippen LogP contribution in [-0.2, 0) is 0 Å². The molecule has 0 aliphatic carbocycles. The Morgan fingerprint density at radius 3 is 2.81 bits per heavy atom. The first kappa shape index (κ1) is 11.9. The van der Waals surface area contributed by atoms with Gasteiger partial charge in [0.05, 0.1) is 0 Å². The Bertz CT molecular complexity index is 356. The van der Waals surface area contributed by atoms with Gasteiger partial charge >= 0.3 is 0 Å². The molecule has 3 heteroatoms. The lowest BCUT2D eigenvalue weighted by Crippen LogP contribution is -2.29. The second kappa shape index (κ2) is 5.19. The van der Waals surface area contributed by atoms with Crippen LogP contribution in [0.25, 0.3) is 0 Å². The molecule has 1 N–H and O–H groups in total. The van der Waals surface area contributed by atoms with Gasteiger partial charge < -0.3 is 5.32 Å². The van der Waals surface area contributed by atoms with Crippen molar-refractivity contribution in [2.45, 2.75) is 25.1 Å². The van der Waals surface area contributed by atoms with Crippen molar-refractivity contribution >= 4 is 11.8 Å². The molecule has 1 aromatic carbocycles. The van der Waals surface area contributed by atoms with E-state index in [2.05, 4.69) is 19.2 Å². The second-order valence-electron chi connectivity index (χ2n) is 4.55. The third kappa shape index (κ3) is 2.58. The van der Waals surface area contributed by atoms with E-state index in [9.17, 15) is 4.39 Å². The fraction of sp³-hybridized carbons (Fsp3) is 0.538. The SMILES string of the molecule is CC1CNC(c2ccccc2F)C(C)SC1. The van der Waals surface area contributed by atoms with E-state index in [1.165, 1.54) is 0 Å². The van der Waals surface area contributed by atoms with Gasteiger partial charge in [0, 0.05) is 16.9 Å². The van der Waals surface area contributed by atoms with Gasteiger partial charge in [-0.15, -0.1) is 0 Å². The first-order valence-corrected chi connectivity index (χ1v) is 6.82. The Morgan fingerprint density at radius 1 is 1.31 bits per heavy atom. The zero-order chi connectivity index (χ0) is 11.5. The molecule has 1 aromatic rings. The Labute approximate surface area is 101 Å². The molecule has 1 aliphatic rings. The highest BCUT2D eigenvalue weighted by molar-refractivity contribution is 7.99. The second-order valence-corrected chi connectivity index (χ2v) is 5.96. The van der Waals surface area contributed by atoms with E-state index in [0.717, 1.165) is 17.9 Å². The van der Waals surface area contributed by atoms with E-state index >= 15 is 0 Å². The molecule has 2 rings (SSSR count). The van der Waals surface area contributed by atoms with Crippen LogP contribution in [0.5, 0.6) is 0 Å². The highest BCUT2D eigenvalue weighted by atomic mass is 32.2. The van der Waals surface area contributed by atoms with Gasteiger partial charge in [-0.1, -0.05) is 32.0 Å². The van der Waals surface area contributed by atoms with Crippen molar-refractivity contribution < 1.29 is 4.39 Å². The molecular weight excluding hydrogens is 221 g/mol. The van der Waals surface area contributed by atoms with Crippen LogP contribution in [-0.4, -0.2) is 17.5 Å². The summed E-state index contributed by atoms with van der Waals surface area (Å²) in [6, 6.07) is 7.22. The molecule has 0 amide bonds. The summed E-state index contributed by atoms with van der Waals surface area (Å²) in [6.45, 7) is 5.37. The minimum atomic E-state index is -0.0954. The number of rotatable bonds is 1. The number of hydrogen-bond donors (Lipinski definition) is 1.